The predicted octanol–water partition coefficient (Wildman–Crippen LogP) is 2.06. The van der Waals surface area contributed by atoms with Gasteiger partial charge in [0, 0.05) is 6.54 Å². The summed E-state index contributed by atoms with van der Waals surface area (Å²) in [6.45, 7) is 5.27. The number of carboxylic acids is 1. The summed E-state index contributed by atoms with van der Waals surface area (Å²) in [5, 5.41) is 8.80. The molecule has 0 saturated heterocycles. The van der Waals surface area contributed by atoms with Crippen molar-refractivity contribution in [3.63, 3.8) is 0 Å². The summed E-state index contributed by atoms with van der Waals surface area (Å²) in [5.74, 6) is -0.442. The summed E-state index contributed by atoms with van der Waals surface area (Å²) >= 11 is 0. The van der Waals surface area contributed by atoms with Gasteiger partial charge in [-0.1, -0.05) is 26.0 Å². The third-order valence-corrected chi connectivity index (χ3v) is 1.97. The van der Waals surface area contributed by atoms with E-state index in [9.17, 15) is 4.79 Å². The monoisotopic (exact) mass is 223 g/mol. The highest BCUT2D eigenvalue weighted by molar-refractivity contribution is 5.87. The molecule has 0 aliphatic carbocycles. The van der Waals surface area contributed by atoms with Crippen LogP contribution in [0.4, 0.5) is 0 Å². The molecule has 0 fully saturated rings. The Morgan fingerprint density at radius 2 is 2.25 bits per heavy atom. The Balaban J connectivity index is 2.42. The zero-order valence-corrected chi connectivity index (χ0v) is 9.56. The lowest BCUT2D eigenvalue weighted by Gasteiger charge is -2.08. The molecule has 4 nitrogen and oxygen atoms in total. The Kier molecular flexibility index (Phi) is 4.95. The molecule has 0 spiro atoms. The number of carbonyl (C=O) groups is 1. The van der Waals surface area contributed by atoms with Crippen molar-refractivity contribution >= 4 is 5.97 Å². The van der Waals surface area contributed by atoms with Crippen molar-refractivity contribution in [1.82, 2.24) is 5.48 Å². The van der Waals surface area contributed by atoms with Gasteiger partial charge in [-0.05, 0) is 23.6 Å². The minimum absolute atomic E-state index is 0.295. The van der Waals surface area contributed by atoms with Crippen LogP contribution in [0.15, 0.2) is 24.3 Å². The Morgan fingerprint density at radius 3 is 2.88 bits per heavy atom. The molecule has 0 bridgehead atoms. The maximum absolute atomic E-state index is 10.7. The summed E-state index contributed by atoms with van der Waals surface area (Å²) in [6.07, 6.45) is 0. The molecule has 2 N–H and O–H groups in total. The molecule has 0 aromatic heterocycles. The standard InChI is InChI=1S/C12H17NO3/c1-9(2)8-16-13-7-10-4-3-5-11(6-10)12(14)15/h3-6,9,13H,7-8H2,1-2H3,(H,14,15). The number of carboxylic acid groups (broad SMARTS) is 1. The zero-order chi connectivity index (χ0) is 12.0. The Hall–Kier alpha value is -1.39. The van der Waals surface area contributed by atoms with E-state index in [-0.39, 0.29) is 0 Å². The third-order valence-electron chi connectivity index (χ3n) is 1.97. The molecule has 0 heterocycles. The molecule has 16 heavy (non-hydrogen) atoms. The Morgan fingerprint density at radius 1 is 1.50 bits per heavy atom. The molecule has 4 heteroatoms. The first-order valence-electron chi connectivity index (χ1n) is 5.26. The summed E-state index contributed by atoms with van der Waals surface area (Å²) in [4.78, 5) is 15.9. The van der Waals surface area contributed by atoms with Crippen molar-refractivity contribution in [3.8, 4) is 0 Å². The maximum Gasteiger partial charge on any atom is 0.335 e. The van der Waals surface area contributed by atoms with Gasteiger partial charge in [-0.2, -0.15) is 5.48 Å². The normalized spacial score (nSPS) is 10.7. The molecule has 0 radical (unpaired) electrons. The van der Waals surface area contributed by atoms with Gasteiger partial charge >= 0.3 is 5.97 Å². The van der Waals surface area contributed by atoms with E-state index in [4.69, 9.17) is 9.94 Å². The summed E-state index contributed by atoms with van der Waals surface area (Å²) in [6, 6.07) is 6.79. The van der Waals surface area contributed by atoms with Gasteiger partial charge in [-0.15, -0.1) is 0 Å². The van der Waals surface area contributed by atoms with E-state index in [1.165, 1.54) is 0 Å². The molecule has 0 aliphatic rings. The average Bonchev–Trinajstić information content (AvgIpc) is 2.24. The lowest BCUT2D eigenvalue weighted by molar-refractivity contribution is 0.0196. The summed E-state index contributed by atoms with van der Waals surface area (Å²) in [7, 11) is 0. The van der Waals surface area contributed by atoms with Crippen LogP contribution in [0.2, 0.25) is 0 Å². The molecule has 0 atom stereocenters. The van der Waals surface area contributed by atoms with E-state index in [1.807, 2.05) is 6.07 Å². The lowest BCUT2D eigenvalue weighted by Crippen LogP contribution is -2.17. The number of nitrogens with one attached hydrogen (secondary N) is 1. The number of hydroxylamine groups is 1. The smallest absolute Gasteiger partial charge is 0.335 e. The van der Waals surface area contributed by atoms with E-state index in [0.717, 1.165) is 5.56 Å². The average molecular weight is 223 g/mol. The van der Waals surface area contributed by atoms with Crippen molar-refractivity contribution < 1.29 is 14.7 Å². The largest absolute Gasteiger partial charge is 0.478 e. The van der Waals surface area contributed by atoms with Gasteiger partial charge in [-0.3, -0.25) is 0 Å². The molecule has 1 aromatic carbocycles. The molecule has 88 valence electrons. The van der Waals surface area contributed by atoms with Crippen LogP contribution >= 0.6 is 0 Å². The van der Waals surface area contributed by atoms with Gasteiger partial charge in [0.05, 0.1) is 12.2 Å². The first-order chi connectivity index (χ1) is 7.59. The second-order valence-corrected chi connectivity index (χ2v) is 4.03. The van der Waals surface area contributed by atoms with Crippen LogP contribution in [-0.4, -0.2) is 17.7 Å². The highest BCUT2D eigenvalue weighted by Gasteiger charge is 2.02. The second-order valence-electron chi connectivity index (χ2n) is 4.03. The molecular formula is C12H17NO3. The summed E-state index contributed by atoms with van der Waals surface area (Å²) < 4.78 is 0. The predicted molar refractivity (Wildman–Crippen MR) is 61.0 cm³/mol. The number of rotatable bonds is 6. The first-order valence-corrected chi connectivity index (χ1v) is 5.26. The van der Waals surface area contributed by atoms with Gasteiger partial charge in [0.2, 0.25) is 0 Å². The first kappa shape index (κ1) is 12.7. The molecule has 0 unspecified atom stereocenters. The number of hydrogen-bond donors (Lipinski definition) is 2. The van der Waals surface area contributed by atoms with Crippen LogP contribution in [0, 0.1) is 5.92 Å². The van der Waals surface area contributed by atoms with Crippen LogP contribution in [0.3, 0.4) is 0 Å². The van der Waals surface area contributed by atoms with Crippen LogP contribution in [0.25, 0.3) is 0 Å². The van der Waals surface area contributed by atoms with Crippen LogP contribution < -0.4 is 5.48 Å². The molecule has 0 saturated carbocycles. The second kappa shape index (κ2) is 6.25. The minimum atomic E-state index is -0.912. The van der Waals surface area contributed by atoms with Gasteiger partial charge in [0.1, 0.15) is 0 Å². The van der Waals surface area contributed by atoms with Crippen LogP contribution in [-0.2, 0) is 11.4 Å². The van der Waals surface area contributed by atoms with E-state index in [1.54, 1.807) is 18.2 Å². The van der Waals surface area contributed by atoms with Crippen LogP contribution in [0.5, 0.6) is 0 Å². The topological polar surface area (TPSA) is 58.6 Å². The lowest BCUT2D eigenvalue weighted by atomic mass is 10.1. The fourth-order valence-electron chi connectivity index (χ4n) is 1.17. The zero-order valence-electron chi connectivity index (χ0n) is 9.56. The van der Waals surface area contributed by atoms with Crippen molar-refractivity contribution in [2.75, 3.05) is 6.61 Å². The van der Waals surface area contributed by atoms with Gasteiger partial charge in [-0.25, -0.2) is 4.79 Å². The number of hydrogen-bond acceptors (Lipinski definition) is 3. The van der Waals surface area contributed by atoms with Gasteiger partial charge in [0.15, 0.2) is 0 Å². The number of benzene rings is 1. The quantitative estimate of drug-likeness (QED) is 0.572. The third kappa shape index (κ3) is 4.42. The maximum atomic E-state index is 10.7. The van der Waals surface area contributed by atoms with Gasteiger partial charge in [0.25, 0.3) is 0 Å². The highest BCUT2D eigenvalue weighted by Crippen LogP contribution is 2.05. The fraction of sp³-hybridized carbons (Fsp3) is 0.417. The van der Waals surface area contributed by atoms with Crippen molar-refractivity contribution in [2.45, 2.75) is 20.4 Å². The highest BCUT2D eigenvalue weighted by atomic mass is 16.6. The molecular weight excluding hydrogens is 206 g/mol. The van der Waals surface area contributed by atoms with Crippen molar-refractivity contribution in [1.29, 1.82) is 0 Å². The van der Waals surface area contributed by atoms with Gasteiger partial charge < -0.3 is 9.94 Å². The summed E-state index contributed by atoms with van der Waals surface area (Å²) in [5.41, 5.74) is 3.99. The SMILES string of the molecule is CC(C)CONCc1cccc(C(=O)O)c1. The van der Waals surface area contributed by atoms with E-state index in [2.05, 4.69) is 19.3 Å². The fourth-order valence-corrected chi connectivity index (χ4v) is 1.17. The molecule has 0 aliphatic heterocycles. The Bertz CT molecular complexity index is 350. The van der Waals surface area contributed by atoms with E-state index in [0.29, 0.717) is 24.6 Å². The van der Waals surface area contributed by atoms with Crippen molar-refractivity contribution in [3.05, 3.63) is 35.4 Å². The molecule has 1 aromatic rings. The Labute approximate surface area is 95.2 Å². The molecule has 1 rings (SSSR count). The minimum Gasteiger partial charge on any atom is -0.478 e. The molecule has 0 amide bonds. The van der Waals surface area contributed by atoms with Crippen LogP contribution in [0.1, 0.15) is 29.8 Å². The van der Waals surface area contributed by atoms with E-state index >= 15 is 0 Å². The number of aromatic carboxylic acids is 1. The van der Waals surface area contributed by atoms with Crippen molar-refractivity contribution in [2.24, 2.45) is 5.92 Å². The van der Waals surface area contributed by atoms with E-state index < -0.39 is 5.97 Å².